The van der Waals surface area contributed by atoms with Gasteiger partial charge in [-0.1, -0.05) is 48.5 Å². The average Bonchev–Trinajstić information content (AvgIpc) is 2.68. The van der Waals surface area contributed by atoms with Gasteiger partial charge in [0.05, 0.1) is 7.11 Å². The zero-order chi connectivity index (χ0) is 18.5. The fourth-order valence-corrected chi connectivity index (χ4v) is 2.66. The SMILES string of the molecule is COc1cc(C(=O)Nc2cccc(C(=O)c3ccccc3)c2)ccc1C. The van der Waals surface area contributed by atoms with Crippen LogP contribution in [-0.4, -0.2) is 18.8 Å². The average molecular weight is 345 g/mol. The van der Waals surface area contributed by atoms with E-state index in [1.54, 1.807) is 55.6 Å². The van der Waals surface area contributed by atoms with Gasteiger partial charge in [0.15, 0.2) is 5.78 Å². The number of anilines is 1. The number of hydrogen-bond donors (Lipinski definition) is 1. The second-order valence-electron chi connectivity index (χ2n) is 5.91. The number of nitrogens with one attached hydrogen (secondary N) is 1. The predicted molar refractivity (Wildman–Crippen MR) is 102 cm³/mol. The van der Waals surface area contributed by atoms with Crippen LogP contribution in [-0.2, 0) is 0 Å². The van der Waals surface area contributed by atoms with Crippen molar-refractivity contribution in [2.24, 2.45) is 0 Å². The lowest BCUT2D eigenvalue weighted by molar-refractivity contribution is 0.102. The van der Waals surface area contributed by atoms with Crippen molar-refractivity contribution >= 4 is 17.4 Å². The predicted octanol–water partition coefficient (Wildman–Crippen LogP) is 4.49. The molecule has 4 nitrogen and oxygen atoms in total. The molecule has 4 heteroatoms. The number of rotatable bonds is 5. The van der Waals surface area contributed by atoms with Gasteiger partial charge >= 0.3 is 0 Å². The van der Waals surface area contributed by atoms with Crippen LogP contribution in [0.15, 0.2) is 72.8 Å². The van der Waals surface area contributed by atoms with Crippen LogP contribution in [0.4, 0.5) is 5.69 Å². The summed E-state index contributed by atoms with van der Waals surface area (Å²) in [6.45, 7) is 1.92. The lowest BCUT2D eigenvalue weighted by Gasteiger charge is -2.10. The van der Waals surface area contributed by atoms with E-state index in [4.69, 9.17) is 4.74 Å². The van der Waals surface area contributed by atoms with Crippen LogP contribution in [0.25, 0.3) is 0 Å². The second-order valence-corrected chi connectivity index (χ2v) is 5.91. The minimum Gasteiger partial charge on any atom is -0.496 e. The van der Waals surface area contributed by atoms with Gasteiger partial charge in [-0.15, -0.1) is 0 Å². The highest BCUT2D eigenvalue weighted by Crippen LogP contribution is 2.21. The molecule has 1 amide bonds. The molecule has 0 unspecified atom stereocenters. The van der Waals surface area contributed by atoms with E-state index >= 15 is 0 Å². The Hall–Kier alpha value is -3.40. The maximum absolute atomic E-state index is 12.5. The van der Waals surface area contributed by atoms with Crippen LogP contribution < -0.4 is 10.1 Å². The first-order valence-electron chi connectivity index (χ1n) is 8.24. The van der Waals surface area contributed by atoms with Crippen molar-refractivity contribution in [2.45, 2.75) is 6.92 Å². The number of ether oxygens (including phenoxy) is 1. The summed E-state index contributed by atoms with van der Waals surface area (Å²) in [5, 5.41) is 2.83. The van der Waals surface area contributed by atoms with Gasteiger partial charge in [0.25, 0.3) is 5.91 Å². The van der Waals surface area contributed by atoms with E-state index in [9.17, 15) is 9.59 Å². The molecule has 0 saturated carbocycles. The van der Waals surface area contributed by atoms with Crippen molar-refractivity contribution in [3.05, 3.63) is 95.1 Å². The molecule has 1 N–H and O–H groups in total. The quantitative estimate of drug-likeness (QED) is 0.693. The number of aryl methyl sites for hydroxylation is 1. The van der Waals surface area contributed by atoms with Gasteiger partial charge in [-0.05, 0) is 36.8 Å². The molecule has 3 aromatic rings. The Morgan fingerprint density at radius 2 is 1.54 bits per heavy atom. The summed E-state index contributed by atoms with van der Waals surface area (Å²) in [4.78, 5) is 25.0. The maximum Gasteiger partial charge on any atom is 0.255 e. The highest BCUT2D eigenvalue weighted by molar-refractivity contribution is 6.10. The van der Waals surface area contributed by atoms with Gasteiger partial charge in [-0.2, -0.15) is 0 Å². The molecule has 0 saturated heterocycles. The largest absolute Gasteiger partial charge is 0.496 e. The van der Waals surface area contributed by atoms with Crippen LogP contribution in [0.1, 0.15) is 31.8 Å². The van der Waals surface area contributed by atoms with Crippen LogP contribution in [0, 0.1) is 6.92 Å². The second kappa shape index (κ2) is 7.66. The number of carbonyl (C=O) groups excluding carboxylic acids is 2. The summed E-state index contributed by atoms with van der Waals surface area (Å²) < 4.78 is 5.26. The minimum atomic E-state index is -0.257. The zero-order valence-corrected chi connectivity index (χ0v) is 14.7. The van der Waals surface area contributed by atoms with E-state index in [1.807, 2.05) is 31.2 Å². The first-order chi connectivity index (χ1) is 12.6. The van der Waals surface area contributed by atoms with Gasteiger partial charge in [0, 0.05) is 22.4 Å². The lowest BCUT2D eigenvalue weighted by atomic mass is 10.0. The van der Waals surface area contributed by atoms with Gasteiger partial charge in [0.2, 0.25) is 0 Å². The number of carbonyl (C=O) groups is 2. The summed E-state index contributed by atoms with van der Waals surface area (Å²) in [7, 11) is 1.57. The summed E-state index contributed by atoms with van der Waals surface area (Å²) in [5.41, 5.74) is 3.15. The highest BCUT2D eigenvalue weighted by Gasteiger charge is 2.12. The molecule has 0 aromatic heterocycles. The third-order valence-electron chi connectivity index (χ3n) is 4.09. The Morgan fingerprint density at radius 1 is 0.808 bits per heavy atom. The maximum atomic E-state index is 12.5. The molecule has 130 valence electrons. The third kappa shape index (κ3) is 3.81. The van der Waals surface area contributed by atoms with Crippen molar-refractivity contribution < 1.29 is 14.3 Å². The topological polar surface area (TPSA) is 55.4 Å². The molecule has 0 aliphatic heterocycles. The summed E-state index contributed by atoms with van der Waals surface area (Å²) in [6, 6.07) is 21.2. The van der Waals surface area contributed by atoms with Gasteiger partial charge in [-0.25, -0.2) is 0 Å². The van der Waals surface area contributed by atoms with Crippen LogP contribution in [0.2, 0.25) is 0 Å². The molecule has 26 heavy (non-hydrogen) atoms. The fraction of sp³-hybridized carbons (Fsp3) is 0.0909. The number of amides is 1. The highest BCUT2D eigenvalue weighted by atomic mass is 16.5. The van der Waals surface area contributed by atoms with Crippen molar-refractivity contribution in [3.63, 3.8) is 0 Å². The van der Waals surface area contributed by atoms with Crippen molar-refractivity contribution in [3.8, 4) is 5.75 Å². The van der Waals surface area contributed by atoms with Gasteiger partial charge in [0.1, 0.15) is 5.75 Å². The lowest BCUT2D eigenvalue weighted by Crippen LogP contribution is -2.13. The van der Waals surface area contributed by atoms with Crippen LogP contribution in [0.3, 0.4) is 0 Å². The molecule has 3 aromatic carbocycles. The summed E-state index contributed by atoms with van der Waals surface area (Å²) >= 11 is 0. The van der Waals surface area contributed by atoms with Gasteiger partial charge < -0.3 is 10.1 Å². The third-order valence-corrected chi connectivity index (χ3v) is 4.09. The number of benzene rings is 3. The molecule has 0 bridgehead atoms. The monoisotopic (exact) mass is 345 g/mol. The van der Waals surface area contributed by atoms with E-state index in [1.165, 1.54) is 0 Å². The van der Waals surface area contributed by atoms with Gasteiger partial charge in [-0.3, -0.25) is 9.59 Å². The fourth-order valence-electron chi connectivity index (χ4n) is 2.66. The molecule has 0 aliphatic rings. The Morgan fingerprint density at radius 3 is 2.27 bits per heavy atom. The normalized spacial score (nSPS) is 10.2. The molecule has 0 radical (unpaired) electrons. The Kier molecular flexibility index (Phi) is 5.13. The number of methoxy groups -OCH3 is 1. The number of hydrogen-bond acceptors (Lipinski definition) is 3. The summed E-state index contributed by atoms with van der Waals surface area (Å²) in [6.07, 6.45) is 0. The van der Waals surface area contributed by atoms with Crippen molar-refractivity contribution in [1.82, 2.24) is 0 Å². The minimum absolute atomic E-state index is 0.0845. The molecule has 3 rings (SSSR count). The Labute approximate surface area is 152 Å². The van der Waals surface area contributed by atoms with Crippen molar-refractivity contribution in [1.29, 1.82) is 0 Å². The zero-order valence-electron chi connectivity index (χ0n) is 14.7. The van der Waals surface area contributed by atoms with E-state index in [0.717, 1.165) is 5.56 Å². The van der Waals surface area contributed by atoms with Crippen LogP contribution in [0.5, 0.6) is 5.75 Å². The molecule has 0 atom stereocenters. The Balaban J connectivity index is 1.80. The summed E-state index contributed by atoms with van der Waals surface area (Å²) in [5.74, 6) is 0.317. The standard InChI is InChI=1S/C22H19NO3/c1-15-11-12-18(14-20(15)26-2)22(25)23-19-10-6-9-17(13-19)21(24)16-7-4-3-5-8-16/h3-14H,1-2H3,(H,23,25). The van der Waals surface area contributed by atoms with Crippen molar-refractivity contribution in [2.75, 3.05) is 12.4 Å². The molecular formula is C22H19NO3. The molecule has 0 aliphatic carbocycles. The number of ketones is 1. The van der Waals surface area contributed by atoms with E-state index in [-0.39, 0.29) is 11.7 Å². The van der Waals surface area contributed by atoms with E-state index < -0.39 is 0 Å². The first kappa shape index (κ1) is 17.4. The van der Waals surface area contributed by atoms with E-state index in [2.05, 4.69) is 5.32 Å². The smallest absolute Gasteiger partial charge is 0.255 e. The molecular weight excluding hydrogens is 326 g/mol. The van der Waals surface area contributed by atoms with Crippen LogP contribution >= 0.6 is 0 Å². The molecule has 0 fully saturated rings. The molecule has 0 heterocycles. The first-order valence-corrected chi connectivity index (χ1v) is 8.24. The van der Waals surface area contributed by atoms with E-state index in [0.29, 0.717) is 28.1 Å². The molecule has 0 spiro atoms. The Bertz CT molecular complexity index is 949.